The second-order valence-electron chi connectivity index (χ2n) is 3.06. The van der Waals surface area contributed by atoms with Crippen LogP contribution in [0.2, 0.25) is 5.02 Å². The summed E-state index contributed by atoms with van der Waals surface area (Å²) in [6.07, 6.45) is 0.764. The van der Waals surface area contributed by atoms with E-state index in [0.29, 0.717) is 16.8 Å². The average molecular weight is 244 g/mol. The van der Waals surface area contributed by atoms with Gasteiger partial charge >= 0.3 is 0 Å². The summed E-state index contributed by atoms with van der Waals surface area (Å²) in [6.45, 7) is 1.96. The predicted octanol–water partition coefficient (Wildman–Crippen LogP) is 2.86. The molecular weight excluding hydrogens is 234 g/mol. The highest BCUT2D eigenvalue weighted by Gasteiger charge is 2.16. The lowest BCUT2D eigenvalue weighted by Gasteiger charge is -1.99. The van der Waals surface area contributed by atoms with Gasteiger partial charge in [-0.3, -0.25) is 0 Å². The van der Waals surface area contributed by atoms with Crippen molar-refractivity contribution in [3.63, 3.8) is 0 Å². The molecule has 2 aromatic rings. The van der Waals surface area contributed by atoms with Gasteiger partial charge in [0.05, 0.1) is 11.1 Å². The molecule has 0 spiro atoms. The summed E-state index contributed by atoms with van der Waals surface area (Å²) < 4.78 is 5.44. The monoisotopic (exact) mass is 243 g/mol. The molecule has 0 fully saturated rings. The Labute approximate surface area is 96.1 Å². The first-order valence-corrected chi connectivity index (χ1v) is 5.80. The lowest BCUT2D eigenvalue weighted by molar-refractivity contribution is 0.453. The van der Waals surface area contributed by atoms with E-state index in [1.54, 1.807) is 6.07 Å². The third-order valence-electron chi connectivity index (χ3n) is 2.01. The van der Waals surface area contributed by atoms with Crippen LogP contribution in [0.5, 0.6) is 0 Å². The van der Waals surface area contributed by atoms with Gasteiger partial charge < -0.3 is 10.2 Å². The number of hydrogen-bond donors (Lipinski definition) is 1. The molecule has 0 saturated heterocycles. The van der Waals surface area contributed by atoms with Crippen LogP contribution in [0.3, 0.4) is 0 Å². The maximum atomic E-state index is 5.95. The highest BCUT2D eigenvalue weighted by molar-refractivity contribution is 7.14. The van der Waals surface area contributed by atoms with Crippen molar-refractivity contribution >= 4 is 22.9 Å². The van der Waals surface area contributed by atoms with Gasteiger partial charge in [0.25, 0.3) is 5.89 Å². The molecule has 0 bridgehead atoms. The zero-order valence-electron chi connectivity index (χ0n) is 8.11. The summed E-state index contributed by atoms with van der Waals surface area (Å²) >= 11 is 7.41. The summed E-state index contributed by atoms with van der Waals surface area (Å²) in [5, 5.41) is 10.3. The largest absolute Gasteiger partial charge is 0.418 e. The van der Waals surface area contributed by atoms with Crippen LogP contribution in [0.15, 0.2) is 15.9 Å². The van der Waals surface area contributed by atoms with Gasteiger partial charge in [-0.05, 0) is 17.9 Å². The SMILES string of the molecule is CCC(N)c1nnc(-c2sccc2Cl)o1. The lowest BCUT2D eigenvalue weighted by atomic mass is 10.2. The van der Waals surface area contributed by atoms with Crippen LogP contribution in [0.4, 0.5) is 0 Å². The molecule has 2 aromatic heterocycles. The topological polar surface area (TPSA) is 64.9 Å². The minimum atomic E-state index is -0.204. The normalized spacial score (nSPS) is 13.0. The summed E-state index contributed by atoms with van der Waals surface area (Å²) in [6, 6.07) is 1.59. The Kier molecular flexibility index (Phi) is 3.04. The van der Waals surface area contributed by atoms with Crippen molar-refractivity contribution in [1.29, 1.82) is 0 Å². The molecule has 0 aliphatic heterocycles. The first-order chi connectivity index (χ1) is 7.22. The minimum absolute atomic E-state index is 0.204. The number of halogens is 1. The Morgan fingerprint density at radius 1 is 1.60 bits per heavy atom. The molecule has 1 atom stereocenters. The number of nitrogens with zero attached hydrogens (tertiary/aromatic N) is 2. The third kappa shape index (κ3) is 2.04. The molecule has 80 valence electrons. The van der Waals surface area contributed by atoms with E-state index in [0.717, 1.165) is 11.3 Å². The summed E-state index contributed by atoms with van der Waals surface area (Å²) in [5.74, 6) is 0.894. The standard InChI is InChI=1S/C9H10ClN3OS/c1-2-6(11)8-12-13-9(14-8)7-5(10)3-4-15-7/h3-4,6H,2,11H2,1H3. The molecule has 2 N–H and O–H groups in total. The molecule has 0 aliphatic carbocycles. The van der Waals surface area contributed by atoms with Gasteiger partial charge in [0.15, 0.2) is 0 Å². The van der Waals surface area contributed by atoms with E-state index < -0.39 is 0 Å². The van der Waals surface area contributed by atoms with E-state index in [1.807, 2.05) is 12.3 Å². The molecule has 1 unspecified atom stereocenters. The van der Waals surface area contributed by atoms with Crippen LogP contribution in [-0.2, 0) is 0 Å². The number of aromatic nitrogens is 2. The van der Waals surface area contributed by atoms with Crippen LogP contribution in [0.1, 0.15) is 25.3 Å². The smallest absolute Gasteiger partial charge is 0.259 e. The van der Waals surface area contributed by atoms with Crippen LogP contribution in [0.25, 0.3) is 10.8 Å². The maximum absolute atomic E-state index is 5.95. The highest BCUT2D eigenvalue weighted by Crippen LogP contribution is 2.32. The lowest BCUT2D eigenvalue weighted by Crippen LogP contribution is -2.08. The van der Waals surface area contributed by atoms with Gasteiger partial charge in [-0.1, -0.05) is 18.5 Å². The molecular formula is C9H10ClN3OS. The van der Waals surface area contributed by atoms with E-state index >= 15 is 0 Å². The van der Waals surface area contributed by atoms with Crippen LogP contribution < -0.4 is 5.73 Å². The molecule has 2 heterocycles. The zero-order chi connectivity index (χ0) is 10.8. The molecule has 4 nitrogen and oxygen atoms in total. The van der Waals surface area contributed by atoms with Crippen LogP contribution >= 0.6 is 22.9 Å². The van der Waals surface area contributed by atoms with Crippen molar-refractivity contribution in [3.05, 3.63) is 22.4 Å². The Morgan fingerprint density at radius 3 is 3.00 bits per heavy atom. The van der Waals surface area contributed by atoms with E-state index in [-0.39, 0.29) is 6.04 Å². The quantitative estimate of drug-likeness (QED) is 0.900. The van der Waals surface area contributed by atoms with Crippen molar-refractivity contribution < 1.29 is 4.42 Å². The Balaban J connectivity index is 2.32. The Bertz CT molecular complexity index is 454. The van der Waals surface area contributed by atoms with Gasteiger partial charge in [0.1, 0.15) is 4.88 Å². The van der Waals surface area contributed by atoms with E-state index in [1.165, 1.54) is 11.3 Å². The Hall–Kier alpha value is -0.910. The number of hydrogen-bond acceptors (Lipinski definition) is 5. The van der Waals surface area contributed by atoms with E-state index in [4.69, 9.17) is 21.8 Å². The Morgan fingerprint density at radius 2 is 2.40 bits per heavy atom. The zero-order valence-corrected chi connectivity index (χ0v) is 9.68. The molecule has 15 heavy (non-hydrogen) atoms. The number of thiophene rings is 1. The summed E-state index contributed by atoms with van der Waals surface area (Å²) in [5.41, 5.74) is 5.77. The molecule has 0 aromatic carbocycles. The second kappa shape index (κ2) is 4.30. The van der Waals surface area contributed by atoms with Crippen molar-refractivity contribution in [1.82, 2.24) is 10.2 Å². The van der Waals surface area contributed by atoms with Crippen molar-refractivity contribution in [2.24, 2.45) is 5.73 Å². The first-order valence-electron chi connectivity index (χ1n) is 4.54. The van der Waals surface area contributed by atoms with Gasteiger partial charge in [-0.25, -0.2) is 0 Å². The molecule has 0 saturated carbocycles. The fourth-order valence-corrected chi connectivity index (χ4v) is 2.15. The molecule has 0 amide bonds. The van der Waals surface area contributed by atoms with Crippen molar-refractivity contribution in [3.8, 4) is 10.8 Å². The second-order valence-corrected chi connectivity index (χ2v) is 4.38. The fraction of sp³-hybridized carbons (Fsp3) is 0.333. The van der Waals surface area contributed by atoms with Crippen molar-refractivity contribution in [2.75, 3.05) is 0 Å². The van der Waals surface area contributed by atoms with Crippen LogP contribution in [-0.4, -0.2) is 10.2 Å². The molecule has 2 rings (SSSR count). The molecule has 0 radical (unpaired) electrons. The third-order valence-corrected chi connectivity index (χ3v) is 3.34. The molecule has 0 aliphatic rings. The predicted molar refractivity (Wildman–Crippen MR) is 59.8 cm³/mol. The highest BCUT2D eigenvalue weighted by atomic mass is 35.5. The van der Waals surface area contributed by atoms with E-state index in [9.17, 15) is 0 Å². The van der Waals surface area contributed by atoms with Gasteiger partial charge in [-0.2, -0.15) is 0 Å². The fourth-order valence-electron chi connectivity index (χ4n) is 1.10. The first kappa shape index (κ1) is 10.6. The molecule has 6 heteroatoms. The summed E-state index contributed by atoms with van der Waals surface area (Å²) in [7, 11) is 0. The van der Waals surface area contributed by atoms with Crippen molar-refractivity contribution in [2.45, 2.75) is 19.4 Å². The summed E-state index contributed by atoms with van der Waals surface area (Å²) in [4.78, 5) is 0.790. The number of nitrogens with two attached hydrogens (primary N) is 1. The van der Waals surface area contributed by atoms with E-state index in [2.05, 4.69) is 10.2 Å². The van der Waals surface area contributed by atoms with Gasteiger partial charge in [0, 0.05) is 0 Å². The maximum Gasteiger partial charge on any atom is 0.259 e. The minimum Gasteiger partial charge on any atom is -0.418 e. The number of rotatable bonds is 3. The van der Waals surface area contributed by atoms with Gasteiger partial charge in [-0.15, -0.1) is 21.5 Å². The average Bonchev–Trinajstić information content (AvgIpc) is 2.84. The van der Waals surface area contributed by atoms with Gasteiger partial charge in [0.2, 0.25) is 5.89 Å². The van der Waals surface area contributed by atoms with Crippen LogP contribution in [0, 0.1) is 0 Å².